The van der Waals surface area contributed by atoms with Crippen LogP contribution in [0.3, 0.4) is 0 Å². The average molecular weight is 485 g/mol. The SMILES string of the molecule is CCN=C(NC1CC1c1ccc(C(C)C)cc1)N1CCC(OCC)CC1.I. The van der Waals surface area contributed by atoms with Gasteiger partial charge >= 0.3 is 0 Å². The first-order valence-corrected chi connectivity index (χ1v) is 10.4. The lowest BCUT2D eigenvalue weighted by molar-refractivity contribution is 0.0263. The lowest BCUT2D eigenvalue weighted by Gasteiger charge is -2.34. The molecule has 0 radical (unpaired) electrons. The highest BCUT2D eigenvalue weighted by Gasteiger charge is 2.39. The minimum absolute atomic E-state index is 0. The van der Waals surface area contributed by atoms with Crippen LogP contribution < -0.4 is 5.32 Å². The molecule has 1 N–H and O–H groups in total. The van der Waals surface area contributed by atoms with Crippen LogP contribution in [0.4, 0.5) is 0 Å². The summed E-state index contributed by atoms with van der Waals surface area (Å²) >= 11 is 0. The molecule has 2 atom stereocenters. The molecule has 2 aliphatic rings. The number of piperidine rings is 1. The molecule has 1 aromatic rings. The first-order valence-electron chi connectivity index (χ1n) is 10.4. The van der Waals surface area contributed by atoms with Crippen LogP contribution in [-0.2, 0) is 4.74 Å². The molecule has 3 rings (SSSR count). The lowest BCUT2D eigenvalue weighted by Crippen LogP contribution is -2.48. The van der Waals surface area contributed by atoms with Crippen LogP contribution in [0, 0.1) is 0 Å². The Morgan fingerprint density at radius 2 is 1.85 bits per heavy atom. The van der Waals surface area contributed by atoms with Crippen LogP contribution in [0.25, 0.3) is 0 Å². The Hall–Kier alpha value is -0.820. The minimum Gasteiger partial charge on any atom is -0.378 e. The number of rotatable bonds is 6. The molecule has 27 heavy (non-hydrogen) atoms. The second-order valence-electron chi connectivity index (χ2n) is 7.85. The number of halogens is 1. The van der Waals surface area contributed by atoms with Crippen LogP contribution in [-0.4, -0.2) is 49.2 Å². The highest BCUT2D eigenvalue weighted by atomic mass is 127. The summed E-state index contributed by atoms with van der Waals surface area (Å²) in [4.78, 5) is 7.17. The van der Waals surface area contributed by atoms with Crippen molar-refractivity contribution in [3.63, 3.8) is 0 Å². The number of aliphatic imine (C=N–C) groups is 1. The summed E-state index contributed by atoms with van der Waals surface area (Å²) < 4.78 is 5.78. The summed E-state index contributed by atoms with van der Waals surface area (Å²) in [5.74, 6) is 2.31. The number of benzene rings is 1. The fourth-order valence-electron chi connectivity index (χ4n) is 3.87. The second kappa shape index (κ2) is 10.6. The first kappa shape index (κ1) is 22.5. The third kappa shape index (κ3) is 6.08. The van der Waals surface area contributed by atoms with Crippen LogP contribution in [0.1, 0.15) is 69.9 Å². The monoisotopic (exact) mass is 485 g/mol. The molecule has 1 saturated heterocycles. The van der Waals surface area contributed by atoms with E-state index >= 15 is 0 Å². The van der Waals surface area contributed by atoms with Crippen molar-refractivity contribution in [3.05, 3.63) is 35.4 Å². The quantitative estimate of drug-likeness (QED) is 0.359. The maximum absolute atomic E-state index is 5.78. The zero-order chi connectivity index (χ0) is 18.5. The number of guanidine groups is 1. The zero-order valence-electron chi connectivity index (χ0n) is 17.3. The predicted octanol–water partition coefficient (Wildman–Crippen LogP) is 4.75. The van der Waals surface area contributed by atoms with E-state index in [4.69, 9.17) is 9.73 Å². The van der Waals surface area contributed by atoms with E-state index in [0.717, 1.165) is 45.0 Å². The fourth-order valence-corrected chi connectivity index (χ4v) is 3.87. The van der Waals surface area contributed by atoms with E-state index in [1.807, 2.05) is 0 Å². The molecule has 1 aliphatic heterocycles. The average Bonchev–Trinajstić information content (AvgIpc) is 3.42. The van der Waals surface area contributed by atoms with E-state index in [-0.39, 0.29) is 24.0 Å². The molecule has 152 valence electrons. The number of ether oxygens (including phenoxy) is 1. The number of nitrogens with zero attached hydrogens (tertiary/aromatic N) is 2. The van der Waals surface area contributed by atoms with Gasteiger partial charge in [-0.2, -0.15) is 0 Å². The Labute approximate surface area is 182 Å². The van der Waals surface area contributed by atoms with Crippen LogP contribution in [0.15, 0.2) is 29.3 Å². The smallest absolute Gasteiger partial charge is 0.194 e. The molecular weight excluding hydrogens is 449 g/mol. The number of hydrogen-bond acceptors (Lipinski definition) is 2. The van der Waals surface area contributed by atoms with E-state index in [1.165, 1.54) is 17.5 Å². The molecule has 1 aliphatic carbocycles. The van der Waals surface area contributed by atoms with Gasteiger partial charge in [-0.3, -0.25) is 4.99 Å². The van der Waals surface area contributed by atoms with Crippen molar-refractivity contribution in [2.45, 2.75) is 70.9 Å². The zero-order valence-corrected chi connectivity index (χ0v) is 19.6. The molecule has 1 saturated carbocycles. The van der Waals surface area contributed by atoms with Gasteiger partial charge in [-0.15, -0.1) is 24.0 Å². The molecule has 2 unspecified atom stereocenters. The van der Waals surface area contributed by atoms with Crippen molar-refractivity contribution in [2.75, 3.05) is 26.2 Å². The topological polar surface area (TPSA) is 36.9 Å². The van der Waals surface area contributed by atoms with Gasteiger partial charge < -0.3 is 15.0 Å². The highest BCUT2D eigenvalue weighted by molar-refractivity contribution is 14.0. The van der Waals surface area contributed by atoms with Gasteiger partial charge in [-0.05, 0) is 50.2 Å². The van der Waals surface area contributed by atoms with Crippen LogP contribution in [0.2, 0.25) is 0 Å². The summed E-state index contributed by atoms with van der Waals surface area (Å²) in [5.41, 5.74) is 2.88. The number of likely N-dealkylation sites (tertiary alicyclic amines) is 1. The van der Waals surface area contributed by atoms with Gasteiger partial charge in [0.2, 0.25) is 0 Å². The Morgan fingerprint density at radius 3 is 2.41 bits per heavy atom. The molecule has 5 heteroatoms. The molecule has 4 nitrogen and oxygen atoms in total. The Balaban J connectivity index is 0.00000261. The fraction of sp³-hybridized carbons (Fsp3) is 0.682. The third-order valence-electron chi connectivity index (χ3n) is 5.59. The molecule has 0 aromatic heterocycles. The van der Waals surface area contributed by atoms with Crippen LogP contribution in [0.5, 0.6) is 0 Å². The van der Waals surface area contributed by atoms with Gasteiger partial charge in [0.25, 0.3) is 0 Å². The van der Waals surface area contributed by atoms with Crippen molar-refractivity contribution >= 4 is 29.9 Å². The van der Waals surface area contributed by atoms with Crippen molar-refractivity contribution in [3.8, 4) is 0 Å². The summed E-state index contributed by atoms with van der Waals surface area (Å²) in [6.07, 6.45) is 3.83. The van der Waals surface area contributed by atoms with E-state index in [2.05, 4.69) is 62.2 Å². The highest BCUT2D eigenvalue weighted by Crippen LogP contribution is 2.41. The molecule has 2 fully saturated rings. The van der Waals surface area contributed by atoms with E-state index < -0.39 is 0 Å². The Kier molecular flexibility index (Phi) is 8.86. The van der Waals surface area contributed by atoms with Gasteiger partial charge in [0.15, 0.2) is 5.96 Å². The molecule has 1 aromatic carbocycles. The maximum atomic E-state index is 5.78. The molecule has 0 bridgehead atoms. The van der Waals surface area contributed by atoms with Gasteiger partial charge in [0.1, 0.15) is 0 Å². The Morgan fingerprint density at radius 1 is 1.19 bits per heavy atom. The standard InChI is InChI=1S/C22H35N3O.HI/c1-5-23-22(25-13-11-19(12-14-25)26-6-2)24-21-15-20(21)18-9-7-17(8-10-18)16(3)4;/h7-10,16,19-21H,5-6,11-15H2,1-4H3,(H,23,24);1H. The van der Waals surface area contributed by atoms with Crippen molar-refractivity contribution in [1.29, 1.82) is 0 Å². The minimum atomic E-state index is 0. The second-order valence-corrected chi connectivity index (χ2v) is 7.85. The molecule has 1 heterocycles. The van der Waals surface area contributed by atoms with Gasteiger partial charge in [-0.25, -0.2) is 0 Å². The lowest BCUT2D eigenvalue weighted by atomic mass is 10.0. The third-order valence-corrected chi connectivity index (χ3v) is 5.59. The van der Waals surface area contributed by atoms with Crippen molar-refractivity contribution in [2.24, 2.45) is 4.99 Å². The summed E-state index contributed by atoms with van der Waals surface area (Å²) in [5, 5.41) is 3.73. The maximum Gasteiger partial charge on any atom is 0.194 e. The first-order chi connectivity index (χ1) is 12.6. The van der Waals surface area contributed by atoms with Gasteiger partial charge in [-0.1, -0.05) is 38.1 Å². The van der Waals surface area contributed by atoms with E-state index in [9.17, 15) is 0 Å². The van der Waals surface area contributed by atoms with E-state index in [1.54, 1.807) is 0 Å². The number of hydrogen-bond donors (Lipinski definition) is 1. The largest absolute Gasteiger partial charge is 0.378 e. The van der Waals surface area contributed by atoms with E-state index in [0.29, 0.717) is 24.0 Å². The summed E-state index contributed by atoms with van der Waals surface area (Å²) in [6, 6.07) is 9.72. The number of nitrogens with one attached hydrogen (secondary N) is 1. The molecule has 0 amide bonds. The van der Waals surface area contributed by atoms with Gasteiger partial charge in [0, 0.05) is 38.2 Å². The Bertz CT molecular complexity index is 594. The van der Waals surface area contributed by atoms with Crippen LogP contribution >= 0.6 is 24.0 Å². The van der Waals surface area contributed by atoms with Crippen molar-refractivity contribution in [1.82, 2.24) is 10.2 Å². The molecular formula is C22H36IN3O. The van der Waals surface area contributed by atoms with Gasteiger partial charge in [0.05, 0.1) is 6.10 Å². The summed E-state index contributed by atoms with van der Waals surface area (Å²) in [6.45, 7) is 12.4. The molecule has 0 spiro atoms. The summed E-state index contributed by atoms with van der Waals surface area (Å²) in [7, 11) is 0. The predicted molar refractivity (Wildman–Crippen MR) is 124 cm³/mol. The van der Waals surface area contributed by atoms with Crippen molar-refractivity contribution < 1.29 is 4.74 Å². The normalized spacial score (nSPS) is 23.3.